The first-order valence-electron chi connectivity index (χ1n) is 14.1. The normalized spacial score (nSPS) is 13.8. The minimum absolute atomic E-state index is 0.0593. The van der Waals surface area contributed by atoms with E-state index in [1.165, 1.54) is 4.90 Å². The Labute approximate surface area is 229 Å². The van der Waals surface area contributed by atoms with E-state index in [2.05, 4.69) is 24.5 Å². The second-order valence-corrected chi connectivity index (χ2v) is 11.3. The highest BCUT2D eigenvalue weighted by Crippen LogP contribution is 2.26. The largest absolute Gasteiger partial charge is 0.444 e. The van der Waals surface area contributed by atoms with Crippen LogP contribution in [0, 0.1) is 13.8 Å². The smallest absolute Gasteiger partial charge is 0.408 e. The zero-order chi connectivity index (χ0) is 28.9. The number of alkyl carbamates (subject to hydrolysis) is 1. The fourth-order valence-corrected chi connectivity index (χ4v) is 4.56. The number of nitrogens with zero attached hydrogens (tertiary/aromatic N) is 1. The van der Waals surface area contributed by atoms with Gasteiger partial charge in [-0.3, -0.25) is 9.59 Å². The molecular formula is C30H51N3O5. The summed E-state index contributed by atoms with van der Waals surface area (Å²) in [5.41, 5.74) is 1.92. The number of ether oxygens (including phenoxy) is 1. The lowest BCUT2D eigenvalue weighted by atomic mass is 9.97. The molecular weight excluding hydrogens is 482 g/mol. The Morgan fingerprint density at radius 3 is 2.08 bits per heavy atom. The van der Waals surface area contributed by atoms with Gasteiger partial charge in [0.15, 0.2) is 0 Å². The number of nitrogens with one attached hydrogen (secondary N) is 2. The molecule has 216 valence electrons. The lowest BCUT2D eigenvalue weighted by molar-refractivity contribution is -0.143. The van der Waals surface area contributed by atoms with E-state index in [0.29, 0.717) is 18.5 Å². The fourth-order valence-electron chi connectivity index (χ4n) is 4.56. The first kappa shape index (κ1) is 33.4. The summed E-state index contributed by atoms with van der Waals surface area (Å²) in [4.78, 5) is 41.7. The molecule has 1 aromatic carbocycles. The van der Waals surface area contributed by atoms with E-state index in [-0.39, 0.29) is 11.9 Å². The molecule has 0 aromatic heterocycles. The summed E-state index contributed by atoms with van der Waals surface area (Å²) >= 11 is 0. The van der Waals surface area contributed by atoms with E-state index in [0.717, 1.165) is 49.7 Å². The molecule has 0 aliphatic heterocycles. The minimum Gasteiger partial charge on any atom is -0.444 e. The van der Waals surface area contributed by atoms with Crippen LogP contribution in [-0.2, 0) is 14.3 Å². The minimum atomic E-state index is -1.24. The molecule has 1 aromatic rings. The number of aryl methyl sites for hydroxylation is 2. The number of amides is 3. The third-order valence-corrected chi connectivity index (χ3v) is 6.19. The molecule has 3 atom stereocenters. The van der Waals surface area contributed by atoms with Crippen LogP contribution in [0.2, 0.25) is 0 Å². The second-order valence-electron chi connectivity index (χ2n) is 11.3. The van der Waals surface area contributed by atoms with E-state index in [1.807, 2.05) is 39.0 Å². The topological polar surface area (TPSA) is 108 Å². The number of unbranched alkanes of at least 4 members (excludes halogenated alkanes) is 4. The molecule has 0 bridgehead atoms. The number of aliphatic hydroxyl groups is 1. The molecule has 0 spiro atoms. The van der Waals surface area contributed by atoms with Gasteiger partial charge in [0, 0.05) is 12.6 Å². The molecule has 0 aliphatic carbocycles. The summed E-state index contributed by atoms with van der Waals surface area (Å²) in [6.45, 7) is 15.0. The van der Waals surface area contributed by atoms with Gasteiger partial charge in [0.25, 0.3) is 0 Å². The van der Waals surface area contributed by atoms with Gasteiger partial charge in [0.2, 0.25) is 11.8 Å². The quantitative estimate of drug-likeness (QED) is 0.264. The Hall–Kier alpha value is -2.61. The van der Waals surface area contributed by atoms with E-state index in [4.69, 9.17) is 4.74 Å². The average Bonchev–Trinajstić information content (AvgIpc) is 2.79. The van der Waals surface area contributed by atoms with Crippen LogP contribution in [0.5, 0.6) is 0 Å². The number of hydrogen-bond donors (Lipinski definition) is 3. The maximum atomic E-state index is 13.9. The van der Waals surface area contributed by atoms with Gasteiger partial charge in [-0.2, -0.15) is 0 Å². The van der Waals surface area contributed by atoms with Crippen molar-refractivity contribution in [1.29, 1.82) is 0 Å². The van der Waals surface area contributed by atoms with E-state index >= 15 is 0 Å². The average molecular weight is 534 g/mol. The summed E-state index contributed by atoms with van der Waals surface area (Å²) < 4.78 is 5.32. The summed E-state index contributed by atoms with van der Waals surface area (Å²) in [7, 11) is 0. The number of benzene rings is 1. The van der Waals surface area contributed by atoms with E-state index in [9.17, 15) is 19.5 Å². The monoisotopic (exact) mass is 533 g/mol. The Balaban J connectivity index is 3.45. The highest BCUT2D eigenvalue weighted by molar-refractivity contribution is 5.92. The van der Waals surface area contributed by atoms with Gasteiger partial charge in [0.05, 0.1) is 6.61 Å². The highest BCUT2D eigenvalue weighted by atomic mass is 16.6. The molecule has 0 saturated heterocycles. The maximum Gasteiger partial charge on any atom is 0.408 e. The van der Waals surface area contributed by atoms with Crippen molar-refractivity contribution in [2.75, 3.05) is 13.2 Å². The van der Waals surface area contributed by atoms with Gasteiger partial charge in [-0.15, -0.1) is 0 Å². The molecule has 0 fully saturated rings. The fraction of sp³-hybridized carbons (Fsp3) is 0.700. The van der Waals surface area contributed by atoms with Gasteiger partial charge >= 0.3 is 6.09 Å². The molecule has 38 heavy (non-hydrogen) atoms. The van der Waals surface area contributed by atoms with Crippen molar-refractivity contribution in [3.05, 3.63) is 34.9 Å². The molecule has 8 heteroatoms. The van der Waals surface area contributed by atoms with Gasteiger partial charge < -0.3 is 25.4 Å². The van der Waals surface area contributed by atoms with Crippen LogP contribution in [0.4, 0.5) is 4.79 Å². The Morgan fingerprint density at radius 2 is 1.55 bits per heavy atom. The Bertz CT molecular complexity index is 876. The lowest BCUT2D eigenvalue weighted by Gasteiger charge is -2.35. The zero-order valence-electron chi connectivity index (χ0n) is 24.9. The molecule has 1 rings (SSSR count). The number of aliphatic hydroxyl groups excluding tert-OH is 1. The van der Waals surface area contributed by atoms with Crippen molar-refractivity contribution in [2.24, 2.45) is 0 Å². The summed E-state index contributed by atoms with van der Waals surface area (Å²) in [6, 6.07) is 3.67. The lowest BCUT2D eigenvalue weighted by Crippen LogP contribution is -2.55. The summed E-state index contributed by atoms with van der Waals surface area (Å²) in [6.07, 6.45) is 5.78. The molecule has 0 aliphatic rings. The van der Waals surface area contributed by atoms with Crippen LogP contribution < -0.4 is 10.6 Å². The van der Waals surface area contributed by atoms with Gasteiger partial charge in [0.1, 0.15) is 17.7 Å². The molecule has 0 saturated carbocycles. The first-order chi connectivity index (χ1) is 17.8. The predicted octanol–water partition coefficient (Wildman–Crippen LogP) is 5.33. The van der Waals surface area contributed by atoms with Crippen LogP contribution in [0.3, 0.4) is 0 Å². The number of carbonyl (C=O) groups is 3. The van der Waals surface area contributed by atoms with E-state index in [1.54, 1.807) is 20.8 Å². The third-order valence-electron chi connectivity index (χ3n) is 6.19. The first-order valence-corrected chi connectivity index (χ1v) is 14.1. The second kappa shape index (κ2) is 16.4. The van der Waals surface area contributed by atoms with Crippen LogP contribution in [0.15, 0.2) is 18.2 Å². The van der Waals surface area contributed by atoms with Crippen molar-refractivity contribution in [3.8, 4) is 0 Å². The highest BCUT2D eigenvalue weighted by Gasteiger charge is 2.36. The Kier molecular flexibility index (Phi) is 14.4. The van der Waals surface area contributed by atoms with Gasteiger partial charge in [-0.05, 0) is 59.9 Å². The van der Waals surface area contributed by atoms with Crippen LogP contribution >= 0.6 is 0 Å². The molecule has 3 N–H and O–H groups in total. The van der Waals surface area contributed by atoms with E-state index < -0.39 is 36.3 Å². The molecule has 3 amide bonds. The van der Waals surface area contributed by atoms with Crippen molar-refractivity contribution < 1.29 is 24.2 Å². The summed E-state index contributed by atoms with van der Waals surface area (Å²) in [5, 5.41) is 15.7. The number of carbonyl (C=O) groups excluding carboxylic acids is 3. The van der Waals surface area contributed by atoms with Gasteiger partial charge in [-0.25, -0.2) is 4.79 Å². The molecule has 8 nitrogen and oxygen atoms in total. The number of rotatable bonds is 15. The van der Waals surface area contributed by atoms with Gasteiger partial charge in [-0.1, -0.05) is 75.3 Å². The SMILES string of the molecule is CCCCCCCN(C(=O)C(CO)NC(=O)OC(C)(C)C)C(C(=O)NC(C)CCC)c1cc(C)cc(C)c1. The number of hydrogen-bond acceptors (Lipinski definition) is 5. The maximum absolute atomic E-state index is 13.9. The molecule has 0 heterocycles. The van der Waals surface area contributed by atoms with Crippen molar-refractivity contribution in [2.45, 2.75) is 124 Å². The molecule has 0 radical (unpaired) electrons. The van der Waals surface area contributed by atoms with Crippen molar-refractivity contribution in [3.63, 3.8) is 0 Å². The van der Waals surface area contributed by atoms with Crippen molar-refractivity contribution >= 4 is 17.9 Å². The van der Waals surface area contributed by atoms with Crippen LogP contribution in [-0.4, -0.2) is 58.8 Å². The van der Waals surface area contributed by atoms with Crippen LogP contribution in [0.1, 0.15) is 109 Å². The third kappa shape index (κ3) is 11.8. The van der Waals surface area contributed by atoms with Crippen LogP contribution in [0.25, 0.3) is 0 Å². The molecule has 3 unspecified atom stereocenters. The zero-order valence-corrected chi connectivity index (χ0v) is 24.9. The Morgan fingerprint density at radius 1 is 0.947 bits per heavy atom. The predicted molar refractivity (Wildman–Crippen MR) is 152 cm³/mol. The standard InChI is InChI=1S/C30H51N3O5/c1-9-11-12-13-14-16-33(28(36)25(20-34)32-29(37)38-30(6,7)8)26(27(35)31-23(5)15-10-2)24-18-21(3)17-22(4)19-24/h17-19,23,25-26,34H,9-16,20H2,1-8H3,(H,31,35)(H,32,37). The van der Waals surface area contributed by atoms with Crippen molar-refractivity contribution in [1.82, 2.24) is 15.5 Å². The summed E-state index contributed by atoms with van der Waals surface area (Å²) in [5.74, 6) is -0.789.